The first-order valence-corrected chi connectivity index (χ1v) is 9.60. The number of hydrogen-bond donors (Lipinski definition) is 1. The molecule has 0 bridgehead atoms. The monoisotopic (exact) mass is 322 g/mol. The summed E-state index contributed by atoms with van der Waals surface area (Å²) in [6, 6.07) is 6.52. The van der Waals surface area contributed by atoms with Gasteiger partial charge in [0.15, 0.2) is 9.84 Å². The predicted molar refractivity (Wildman–Crippen MR) is 83.6 cm³/mol. The SMILES string of the molecule is O=C(O)[C@H](CC1CCCC1)c1ccc(S(=O)(=O)C2CC2)cc1. The van der Waals surface area contributed by atoms with Gasteiger partial charge in [0.25, 0.3) is 0 Å². The number of aliphatic carboxylic acids is 1. The number of rotatable bonds is 6. The normalized spacial score (nSPS) is 20.9. The van der Waals surface area contributed by atoms with E-state index in [0.29, 0.717) is 22.8 Å². The molecule has 1 atom stereocenters. The first-order chi connectivity index (χ1) is 10.5. The second kappa shape index (κ2) is 6.03. The van der Waals surface area contributed by atoms with E-state index in [0.717, 1.165) is 25.7 Å². The van der Waals surface area contributed by atoms with Crippen LogP contribution in [0.3, 0.4) is 0 Å². The van der Waals surface area contributed by atoms with E-state index in [4.69, 9.17) is 0 Å². The van der Waals surface area contributed by atoms with Gasteiger partial charge in [-0.3, -0.25) is 4.79 Å². The molecule has 1 aromatic carbocycles. The first kappa shape index (κ1) is 15.5. The van der Waals surface area contributed by atoms with E-state index >= 15 is 0 Å². The highest BCUT2D eigenvalue weighted by atomic mass is 32.2. The van der Waals surface area contributed by atoms with E-state index < -0.39 is 21.7 Å². The van der Waals surface area contributed by atoms with Crippen molar-refractivity contribution in [2.75, 3.05) is 0 Å². The summed E-state index contributed by atoms with van der Waals surface area (Å²) in [7, 11) is -3.20. The Morgan fingerprint density at radius 3 is 2.18 bits per heavy atom. The largest absolute Gasteiger partial charge is 0.481 e. The number of carboxylic acids is 1. The maximum Gasteiger partial charge on any atom is 0.310 e. The van der Waals surface area contributed by atoms with Gasteiger partial charge >= 0.3 is 5.97 Å². The molecule has 4 nitrogen and oxygen atoms in total. The fourth-order valence-corrected chi connectivity index (χ4v) is 5.08. The van der Waals surface area contributed by atoms with Gasteiger partial charge in [-0.05, 0) is 42.9 Å². The molecule has 0 aliphatic heterocycles. The molecule has 0 amide bonds. The minimum Gasteiger partial charge on any atom is -0.481 e. The van der Waals surface area contributed by atoms with Crippen molar-refractivity contribution in [2.24, 2.45) is 5.92 Å². The minimum atomic E-state index is -3.20. The van der Waals surface area contributed by atoms with E-state index in [1.54, 1.807) is 24.3 Å². The van der Waals surface area contributed by atoms with E-state index in [-0.39, 0.29) is 5.25 Å². The van der Waals surface area contributed by atoms with E-state index in [2.05, 4.69) is 0 Å². The summed E-state index contributed by atoms with van der Waals surface area (Å²) in [6.45, 7) is 0. The van der Waals surface area contributed by atoms with Crippen LogP contribution in [0.4, 0.5) is 0 Å². The molecule has 2 aliphatic rings. The Kier molecular flexibility index (Phi) is 4.26. The molecule has 2 fully saturated rings. The zero-order valence-electron chi connectivity index (χ0n) is 12.6. The Labute approximate surface area is 131 Å². The summed E-state index contributed by atoms with van der Waals surface area (Å²) in [5.74, 6) is -0.860. The highest BCUT2D eigenvalue weighted by Crippen LogP contribution is 2.36. The molecule has 0 spiro atoms. The summed E-state index contributed by atoms with van der Waals surface area (Å²) in [5.41, 5.74) is 0.717. The van der Waals surface area contributed by atoms with Crippen LogP contribution in [0, 0.1) is 5.92 Å². The average molecular weight is 322 g/mol. The number of hydrogen-bond acceptors (Lipinski definition) is 3. The summed E-state index contributed by atoms with van der Waals surface area (Å²) < 4.78 is 24.3. The average Bonchev–Trinajstić information content (AvgIpc) is 3.24. The van der Waals surface area contributed by atoms with Crippen molar-refractivity contribution in [1.29, 1.82) is 0 Å². The predicted octanol–water partition coefficient (Wildman–Crippen LogP) is 3.37. The van der Waals surface area contributed by atoms with Crippen LogP contribution in [-0.4, -0.2) is 24.7 Å². The second-order valence-corrected chi connectivity index (χ2v) is 8.82. The maximum absolute atomic E-state index is 12.2. The van der Waals surface area contributed by atoms with Gasteiger partial charge in [0.1, 0.15) is 0 Å². The molecule has 1 N–H and O–H groups in total. The van der Waals surface area contributed by atoms with Gasteiger partial charge < -0.3 is 5.11 Å². The molecular weight excluding hydrogens is 300 g/mol. The molecule has 1 aromatic rings. The lowest BCUT2D eigenvalue weighted by atomic mass is 9.88. The van der Waals surface area contributed by atoms with Crippen molar-refractivity contribution < 1.29 is 18.3 Å². The molecule has 0 heterocycles. The molecule has 0 aromatic heterocycles. The van der Waals surface area contributed by atoms with E-state index in [9.17, 15) is 18.3 Å². The van der Waals surface area contributed by atoms with Gasteiger partial charge in [0, 0.05) is 0 Å². The van der Waals surface area contributed by atoms with Gasteiger partial charge in [0.05, 0.1) is 16.1 Å². The van der Waals surface area contributed by atoms with Crippen LogP contribution in [0.1, 0.15) is 56.4 Å². The van der Waals surface area contributed by atoms with Crippen molar-refractivity contribution >= 4 is 15.8 Å². The molecule has 2 aliphatic carbocycles. The molecule has 22 heavy (non-hydrogen) atoms. The maximum atomic E-state index is 12.2. The fraction of sp³-hybridized carbons (Fsp3) is 0.588. The molecule has 0 saturated heterocycles. The van der Waals surface area contributed by atoms with Gasteiger partial charge in [0.2, 0.25) is 0 Å². The van der Waals surface area contributed by atoms with Gasteiger partial charge in [-0.1, -0.05) is 37.8 Å². The van der Waals surface area contributed by atoms with Crippen LogP contribution in [0.2, 0.25) is 0 Å². The Morgan fingerprint density at radius 1 is 1.09 bits per heavy atom. The van der Waals surface area contributed by atoms with Gasteiger partial charge in [-0.15, -0.1) is 0 Å². The number of sulfone groups is 1. The zero-order chi connectivity index (χ0) is 15.7. The lowest BCUT2D eigenvalue weighted by Gasteiger charge is -2.17. The molecule has 0 unspecified atom stereocenters. The van der Waals surface area contributed by atoms with Crippen LogP contribution < -0.4 is 0 Å². The van der Waals surface area contributed by atoms with Crippen LogP contribution in [0.15, 0.2) is 29.2 Å². The molecule has 3 rings (SSSR count). The highest BCUT2D eigenvalue weighted by Gasteiger charge is 2.37. The Bertz CT molecular complexity index is 638. The topological polar surface area (TPSA) is 71.4 Å². The lowest BCUT2D eigenvalue weighted by Crippen LogP contribution is -2.15. The Balaban J connectivity index is 1.78. The standard InChI is InChI=1S/C17H22O4S/c18-17(19)16(11-12-3-1-2-4-12)13-5-7-14(8-6-13)22(20,21)15-9-10-15/h5-8,12,15-16H,1-4,9-11H2,(H,18,19)/t16-/m1/s1. The quantitative estimate of drug-likeness (QED) is 0.871. The van der Waals surface area contributed by atoms with Gasteiger partial charge in [-0.2, -0.15) is 0 Å². The van der Waals surface area contributed by atoms with Crippen molar-refractivity contribution in [1.82, 2.24) is 0 Å². The number of carboxylic acid groups (broad SMARTS) is 1. The first-order valence-electron chi connectivity index (χ1n) is 8.05. The fourth-order valence-electron chi connectivity index (χ4n) is 3.42. The van der Waals surface area contributed by atoms with E-state index in [1.807, 2.05) is 0 Å². The van der Waals surface area contributed by atoms with Crippen molar-refractivity contribution in [3.8, 4) is 0 Å². The summed E-state index contributed by atoms with van der Waals surface area (Å²) in [6.07, 6.45) is 6.73. The Morgan fingerprint density at radius 2 is 1.68 bits per heavy atom. The van der Waals surface area contributed by atoms with Crippen LogP contribution in [0.25, 0.3) is 0 Å². The zero-order valence-corrected chi connectivity index (χ0v) is 13.4. The summed E-state index contributed by atoms with van der Waals surface area (Å²) in [5, 5.41) is 9.27. The van der Waals surface area contributed by atoms with Crippen LogP contribution in [0.5, 0.6) is 0 Å². The van der Waals surface area contributed by atoms with Crippen LogP contribution in [-0.2, 0) is 14.6 Å². The third kappa shape index (κ3) is 3.19. The number of benzene rings is 1. The minimum absolute atomic E-state index is 0.230. The Hall–Kier alpha value is -1.36. The molecule has 5 heteroatoms. The number of carbonyl (C=O) groups is 1. The molecule has 0 radical (unpaired) electrons. The highest BCUT2D eigenvalue weighted by molar-refractivity contribution is 7.92. The third-order valence-electron chi connectivity index (χ3n) is 4.92. The van der Waals surface area contributed by atoms with Gasteiger partial charge in [-0.25, -0.2) is 8.42 Å². The van der Waals surface area contributed by atoms with Crippen molar-refractivity contribution in [3.05, 3.63) is 29.8 Å². The van der Waals surface area contributed by atoms with Crippen molar-refractivity contribution in [3.63, 3.8) is 0 Å². The smallest absolute Gasteiger partial charge is 0.310 e. The third-order valence-corrected chi connectivity index (χ3v) is 7.19. The van der Waals surface area contributed by atoms with Crippen LogP contribution >= 0.6 is 0 Å². The molecule has 2 saturated carbocycles. The summed E-state index contributed by atoms with van der Waals surface area (Å²) >= 11 is 0. The lowest BCUT2D eigenvalue weighted by molar-refractivity contribution is -0.139. The second-order valence-electron chi connectivity index (χ2n) is 6.59. The molecular formula is C17H22O4S. The molecule has 120 valence electrons. The summed E-state index contributed by atoms with van der Waals surface area (Å²) in [4.78, 5) is 11.9. The van der Waals surface area contributed by atoms with E-state index in [1.165, 1.54) is 12.8 Å². The van der Waals surface area contributed by atoms with Crippen molar-refractivity contribution in [2.45, 2.75) is 61.0 Å².